The number of amides is 1. The van der Waals surface area contributed by atoms with Crippen molar-refractivity contribution in [2.75, 3.05) is 13.2 Å². The molecule has 3 aromatic rings. The molecule has 0 aliphatic carbocycles. The molecule has 0 saturated heterocycles. The van der Waals surface area contributed by atoms with Crippen LogP contribution in [0.4, 0.5) is 0 Å². The summed E-state index contributed by atoms with van der Waals surface area (Å²) in [5.74, 6) is 1.88. The summed E-state index contributed by atoms with van der Waals surface area (Å²) < 4.78 is 17.1. The molecule has 4 rings (SSSR count). The molecule has 1 aliphatic rings. The molecule has 1 aromatic heterocycles. The van der Waals surface area contributed by atoms with E-state index in [-0.39, 0.29) is 12.0 Å². The van der Waals surface area contributed by atoms with Gasteiger partial charge in [0.15, 0.2) is 11.5 Å². The minimum Gasteiger partial charge on any atom is -0.487 e. The first-order valence-electron chi connectivity index (χ1n) is 8.67. The zero-order valence-corrected chi connectivity index (χ0v) is 14.6. The summed E-state index contributed by atoms with van der Waals surface area (Å²) in [4.78, 5) is 12.3. The number of hydrogen-bond donors (Lipinski definition) is 2. The van der Waals surface area contributed by atoms with Crippen molar-refractivity contribution in [2.45, 2.75) is 12.7 Å². The van der Waals surface area contributed by atoms with E-state index < -0.39 is 0 Å². The number of hydrogen-bond acceptors (Lipinski definition) is 5. The van der Waals surface area contributed by atoms with Crippen LogP contribution in [0.25, 0.3) is 0 Å². The number of H-pyrrole nitrogens is 1. The first kappa shape index (κ1) is 17.0. The fourth-order valence-corrected chi connectivity index (χ4v) is 2.69. The number of nitrogens with one attached hydrogen (secondary N) is 2. The van der Waals surface area contributed by atoms with Gasteiger partial charge in [-0.15, -0.1) is 0 Å². The lowest BCUT2D eigenvalue weighted by atomic mass is 10.2. The molecule has 1 unspecified atom stereocenters. The molecule has 2 aromatic carbocycles. The molecule has 0 radical (unpaired) electrons. The van der Waals surface area contributed by atoms with Crippen LogP contribution >= 0.6 is 0 Å². The summed E-state index contributed by atoms with van der Waals surface area (Å²) in [5.41, 5.74) is 1.02. The number of ether oxygens (including phenoxy) is 3. The number of aromatic nitrogens is 2. The molecule has 2 N–H and O–H groups in total. The quantitative estimate of drug-likeness (QED) is 0.701. The summed E-state index contributed by atoms with van der Waals surface area (Å²) in [7, 11) is 0. The van der Waals surface area contributed by atoms with Gasteiger partial charge in [-0.3, -0.25) is 9.89 Å². The monoisotopic (exact) mass is 365 g/mol. The Morgan fingerprint density at radius 1 is 1.15 bits per heavy atom. The fourth-order valence-electron chi connectivity index (χ4n) is 2.69. The molecule has 7 nitrogen and oxygen atoms in total. The molecule has 27 heavy (non-hydrogen) atoms. The fraction of sp³-hybridized carbons (Fsp3) is 0.200. The van der Waals surface area contributed by atoms with Gasteiger partial charge < -0.3 is 19.5 Å². The van der Waals surface area contributed by atoms with Crippen molar-refractivity contribution in [3.8, 4) is 17.2 Å². The lowest BCUT2D eigenvalue weighted by Gasteiger charge is -2.26. The van der Waals surface area contributed by atoms with Crippen LogP contribution in [0.5, 0.6) is 17.2 Å². The molecule has 1 aliphatic heterocycles. The Kier molecular flexibility index (Phi) is 4.91. The van der Waals surface area contributed by atoms with Gasteiger partial charge in [0.1, 0.15) is 30.8 Å². The van der Waals surface area contributed by atoms with Crippen LogP contribution in [0.15, 0.2) is 60.7 Å². The van der Waals surface area contributed by atoms with E-state index in [4.69, 9.17) is 14.2 Å². The molecule has 0 saturated carbocycles. The van der Waals surface area contributed by atoms with Crippen LogP contribution in [0.3, 0.4) is 0 Å². The van der Waals surface area contributed by atoms with Gasteiger partial charge >= 0.3 is 0 Å². The minimum atomic E-state index is -0.278. The molecule has 2 heterocycles. The van der Waals surface area contributed by atoms with Crippen LogP contribution in [0.2, 0.25) is 0 Å². The second kappa shape index (κ2) is 7.82. The van der Waals surface area contributed by atoms with Crippen LogP contribution in [-0.4, -0.2) is 35.4 Å². The number of carbonyl (C=O) groups excluding carboxylic acids is 1. The Morgan fingerprint density at radius 2 is 1.93 bits per heavy atom. The topological polar surface area (TPSA) is 85.5 Å². The largest absolute Gasteiger partial charge is 0.487 e. The van der Waals surface area contributed by atoms with Crippen LogP contribution in [0.1, 0.15) is 16.2 Å². The lowest BCUT2D eigenvalue weighted by Crippen LogP contribution is -2.40. The van der Waals surface area contributed by atoms with Crippen molar-refractivity contribution in [3.05, 3.63) is 72.1 Å². The van der Waals surface area contributed by atoms with Gasteiger partial charge in [0.05, 0.1) is 12.2 Å². The smallest absolute Gasteiger partial charge is 0.271 e. The number of nitrogens with zero attached hydrogens (tertiary/aromatic N) is 1. The normalized spacial score (nSPS) is 15.2. The van der Waals surface area contributed by atoms with E-state index in [0.29, 0.717) is 31.2 Å². The van der Waals surface area contributed by atoms with Crippen molar-refractivity contribution in [1.29, 1.82) is 0 Å². The van der Waals surface area contributed by atoms with E-state index in [9.17, 15) is 4.79 Å². The third kappa shape index (κ3) is 4.20. The van der Waals surface area contributed by atoms with Crippen LogP contribution < -0.4 is 19.5 Å². The lowest BCUT2D eigenvalue weighted by molar-refractivity contribution is 0.0786. The Morgan fingerprint density at radius 3 is 2.78 bits per heavy atom. The van der Waals surface area contributed by atoms with E-state index in [1.165, 1.54) is 0 Å². The number of aromatic amines is 1. The predicted octanol–water partition coefficient (Wildman–Crippen LogP) is 2.56. The highest BCUT2D eigenvalue weighted by molar-refractivity contribution is 5.92. The first-order valence-corrected chi connectivity index (χ1v) is 8.67. The minimum absolute atomic E-state index is 0.247. The maximum atomic E-state index is 12.3. The van der Waals surface area contributed by atoms with Gasteiger partial charge in [-0.25, -0.2) is 0 Å². The number of rotatable bonds is 6. The average Bonchev–Trinajstić information content (AvgIpc) is 3.20. The Balaban J connectivity index is 1.27. The van der Waals surface area contributed by atoms with E-state index in [1.807, 2.05) is 54.6 Å². The second-order valence-corrected chi connectivity index (χ2v) is 6.09. The summed E-state index contributed by atoms with van der Waals surface area (Å²) >= 11 is 0. The molecule has 1 atom stereocenters. The zero-order valence-electron chi connectivity index (χ0n) is 14.6. The molecular weight excluding hydrogens is 346 g/mol. The Hall–Kier alpha value is -3.48. The van der Waals surface area contributed by atoms with Crippen molar-refractivity contribution >= 4 is 5.91 Å². The number of para-hydroxylation sites is 3. The molecule has 7 heteroatoms. The van der Waals surface area contributed by atoms with Gasteiger partial charge in [-0.1, -0.05) is 30.3 Å². The maximum absolute atomic E-state index is 12.3. The Labute approximate surface area is 156 Å². The number of carbonyl (C=O) groups is 1. The molecule has 0 bridgehead atoms. The Bertz CT molecular complexity index is 910. The molecule has 138 valence electrons. The third-order valence-electron chi connectivity index (χ3n) is 4.06. The van der Waals surface area contributed by atoms with Crippen molar-refractivity contribution in [1.82, 2.24) is 15.5 Å². The number of fused-ring (bicyclic) bond motifs is 1. The van der Waals surface area contributed by atoms with E-state index in [2.05, 4.69) is 15.5 Å². The van der Waals surface area contributed by atoms with Crippen molar-refractivity contribution in [2.24, 2.45) is 0 Å². The van der Waals surface area contributed by atoms with Crippen LogP contribution in [0, 0.1) is 0 Å². The zero-order chi connectivity index (χ0) is 18.5. The van der Waals surface area contributed by atoms with Gasteiger partial charge in [-0.2, -0.15) is 5.10 Å². The highest BCUT2D eigenvalue weighted by Crippen LogP contribution is 2.30. The second-order valence-electron chi connectivity index (χ2n) is 6.09. The van der Waals surface area contributed by atoms with Gasteiger partial charge in [-0.05, 0) is 30.3 Å². The first-order chi connectivity index (χ1) is 13.3. The van der Waals surface area contributed by atoms with E-state index >= 15 is 0 Å². The van der Waals surface area contributed by atoms with Crippen molar-refractivity contribution in [3.63, 3.8) is 0 Å². The molecule has 1 amide bonds. The molecule has 0 fully saturated rings. The SMILES string of the molecule is O=C(NCC1COc2ccccc2O1)c1cc(COc2ccccc2)[nH]n1. The highest BCUT2D eigenvalue weighted by atomic mass is 16.6. The van der Waals surface area contributed by atoms with Gasteiger partial charge in [0, 0.05) is 0 Å². The third-order valence-corrected chi connectivity index (χ3v) is 4.06. The average molecular weight is 365 g/mol. The highest BCUT2D eigenvalue weighted by Gasteiger charge is 2.21. The maximum Gasteiger partial charge on any atom is 0.271 e. The summed E-state index contributed by atoms with van der Waals surface area (Å²) in [6.45, 7) is 1.02. The summed E-state index contributed by atoms with van der Waals surface area (Å²) in [6, 6.07) is 18.6. The van der Waals surface area contributed by atoms with E-state index in [1.54, 1.807) is 6.07 Å². The van der Waals surface area contributed by atoms with Crippen molar-refractivity contribution < 1.29 is 19.0 Å². The molecule has 0 spiro atoms. The standard InChI is InChI=1S/C20H19N3O4/c24-20(21-11-16-13-26-18-8-4-5-9-19(18)27-16)17-10-14(22-23-17)12-25-15-6-2-1-3-7-15/h1-10,16H,11-13H2,(H,21,24)(H,22,23). The number of benzene rings is 2. The summed E-state index contributed by atoms with van der Waals surface area (Å²) in [5, 5.41) is 9.67. The molecular formula is C20H19N3O4. The van der Waals surface area contributed by atoms with E-state index in [0.717, 1.165) is 17.2 Å². The van der Waals surface area contributed by atoms with Gasteiger partial charge in [0.25, 0.3) is 5.91 Å². The summed E-state index contributed by atoms with van der Waals surface area (Å²) in [6.07, 6.45) is -0.247. The predicted molar refractivity (Wildman–Crippen MR) is 98.0 cm³/mol. The van der Waals surface area contributed by atoms with Gasteiger partial charge in [0.2, 0.25) is 0 Å². The van der Waals surface area contributed by atoms with Crippen LogP contribution in [-0.2, 0) is 6.61 Å².